The van der Waals surface area contributed by atoms with Crippen LogP contribution in [-0.2, 0) is 28.6 Å². The molecule has 4 nitrogen and oxygen atoms in total. The van der Waals surface area contributed by atoms with Crippen molar-refractivity contribution in [1.29, 1.82) is 0 Å². The van der Waals surface area contributed by atoms with Gasteiger partial charge in [0.15, 0.2) is 9.84 Å². The minimum Gasteiger partial charge on any atom is -0.327 e. The lowest BCUT2D eigenvalue weighted by atomic mass is 10.0. The smallest absolute Gasteiger partial charge is 0.154 e. The number of rotatable bonds is 6. The third-order valence-corrected chi connectivity index (χ3v) is 5.00. The molecule has 3 rings (SSSR count). The highest BCUT2D eigenvalue weighted by Crippen LogP contribution is 2.19. The molecule has 1 heterocycles. The molecule has 24 heavy (non-hydrogen) atoms. The molecular formula is C19H22N2O2S. The summed E-state index contributed by atoms with van der Waals surface area (Å²) in [6.07, 6.45) is 3.17. The van der Waals surface area contributed by atoms with Crippen molar-refractivity contribution in [2.45, 2.75) is 32.1 Å². The molecule has 0 bridgehead atoms. The van der Waals surface area contributed by atoms with Gasteiger partial charge in [0.1, 0.15) is 11.6 Å². The van der Waals surface area contributed by atoms with E-state index in [-0.39, 0.29) is 5.75 Å². The van der Waals surface area contributed by atoms with Crippen molar-refractivity contribution in [1.82, 2.24) is 9.55 Å². The Kier molecular flexibility index (Phi) is 4.71. The standard InChI is InChI=1S/C19H22N2O2S/c1-15-8-3-4-9-16(15)10-7-13-21-18-12-6-5-11-17(18)20-19(21)14-24(2,22)23/h3-6,8-9,11-12H,7,10,13-14H2,1-2H3. The molecule has 0 N–H and O–H groups in total. The monoisotopic (exact) mass is 342 g/mol. The van der Waals surface area contributed by atoms with Gasteiger partial charge in [-0.05, 0) is 43.0 Å². The molecule has 0 aliphatic carbocycles. The molecule has 0 unspecified atom stereocenters. The van der Waals surface area contributed by atoms with Crippen LogP contribution in [0.3, 0.4) is 0 Å². The predicted molar refractivity (Wildman–Crippen MR) is 97.8 cm³/mol. The highest BCUT2D eigenvalue weighted by atomic mass is 32.2. The number of aryl methyl sites for hydroxylation is 3. The molecule has 126 valence electrons. The zero-order valence-electron chi connectivity index (χ0n) is 14.1. The van der Waals surface area contributed by atoms with E-state index in [0.29, 0.717) is 5.82 Å². The Morgan fingerprint density at radius 1 is 1.04 bits per heavy atom. The van der Waals surface area contributed by atoms with E-state index in [1.54, 1.807) is 0 Å². The number of benzene rings is 2. The van der Waals surface area contributed by atoms with Gasteiger partial charge in [0.2, 0.25) is 0 Å². The first kappa shape index (κ1) is 16.7. The van der Waals surface area contributed by atoms with Crippen molar-refractivity contribution in [2.24, 2.45) is 0 Å². The maximum absolute atomic E-state index is 11.7. The summed E-state index contributed by atoms with van der Waals surface area (Å²) in [4.78, 5) is 4.53. The third kappa shape index (κ3) is 3.85. The summed E-state index contributed by atoms with van der Waals surface area (Å²) in [5.41, 5.74) is 4.49. The van der Waals surface area contributed by atoms with E-state index in [2.05, 4.69) is 34.7 Å². The van der Waals surface area contributed by atoms with Gasteiger partial charge in [-0.1, -0.05) is 36.4 Å². The van der Waals surface area contributed by atoms with Gasteiger partial charge in [-0.2, -0.15) is 0 Å². The number of imidazole rings is 1. The number of aromatic nitrogens is 2. The summed E-state index contributed by atoms with van der Waals surface area (Å²) < 4.78 is 25.5. The Hall–Kier alpha value is -2.14. The van der Waals surface area contributed by atoms with E-state index >= 15 is 0 Å². The van der Waals surface area contributed by atoms with Crippen LogP contribution in [0, 0.1) is 6.92 Å². The lowest BCUT2D eigenvalue weighted by Gasteiger charge is -2.10. The highest BCUT2D eigenvalue weighted by molar-refractivity contribution is 7.89. The van der Waals surface area contributed by atoms with Crippen molar-refractivity contribution < 1.29 is 8.42 Å². The van der Waals surface area contributed by atoms with Crippen LogP contribution in [0.25, 0.3) is 11.0 Å². The first-order chi connectivity index (χ1) is 11.4. The normalized spacial score (nSPS) is 11.9. The van der Waals surface area contributed by atoms with Crippen molar-refractivity contribution in [2.75, 3.05) is 6.26 Å². The lowest BCUT2D eigenvalue weighted by Crippen LogP contribution is -2.10. The number of para-hydroxylation sites is 2. The van der Waals surface area contributed by atoms with E-state index in [4.69, 9.17) is 0 Å². The van der Waals surface area contributed by atoms with Crippen LogP contribution < -0.4 is 0 Å². The molecule has 0 aliphatic rings. The minimum absolute atomic E-state index is 0.0218. The molecule has 0 atom stereocenters. The Balaban J connectivity index is 1.84. The summed E-state index contributed by atoms with van der Waals surface area (Å²) in [5, 5.41) is 0. The van der Waals surface area contributed by atoms with E-state index in [1.807, 2.05) is 30.3 Å². The second kappa shape index (κ2) is 6.77. The molecule has 1 aromatic heterocycles. The summed E-state index contributed by atoms with van der Waals surface area (Å²) in [6, 6.07) is 16.2. The second-order valence-electron chi connectivity index (χ2n) is 6.27. The molecule has 0 spiro atoms. The maximum atomic E-state index is 11.7. The topological polar surface area (TPSA) is 52.0 Å². The summed E-state index contributed by atoms with van der Waals surface area (Å²) in [7, 11) is -3.11. The van der Waals surface area contributed by atoms with Gasteiger partial charge in [0.25, 0.3) is 0 Å². The van der Waals surface area contributed by atoms with Crippen LogP contribution in [-0.4, -0.2) is 24.2 Å². The molecule has 0 radical (unpaired) electrons. The fourth-order valence-corrected chi connectivity index (χ4v) is 3.73. The number of fused-ring (bicyclic) bond motifs is 1. The van der Waals surface area contributed by atoms with Crippen molar-refractivity contribution in [3.63, 3.8) is 0 Å². The number of hydrogen-bond acceptors (Lipinski definition) is 3. The number of hydrogen-bond donors (Lipinski definition) is 0. The van der Waals surface area contributed by atoms with E-state index in [0.717, 1.165) is 30.4 Å². The van der Waals surface area contributed by atoms with Gasteiger partial charge in [-0.3, -0.25) is 0 Å². The van der Waals surface area contributed by atoms with Crippen molar-refractivity contribution >= 4 is 20.9 Å². The molecular weight excluding hydrogens is 320 g/mol. The fraction of sp³-hybridized carbons (Fsp3) is 0.316. The minimum atomic E-state index is -3.11. The Bertz CT molecular complexity index is 958. The summed E-state index contributed by atoms with van der Waals surface area (Å²) in [6.45, 7) is 2.89. The van der Waals surface area contributed by atoms with E-state index in [9.17, 15) is 8.42 Å². The summed E-state index contributed by atoms with van der Waals surface area (Å²) >= 11 is 0. The zero-order valence-corrected chi connectivity index (χ0v) is 14.9. The van der Waals surface area contributed by atoms with Gasteiger partial charge in [0.05, 0.1) is 11.0 Å². The Morgan fingerprint density at radius 2 is 1.75 bits per heavy atom. The molecule has 0 amide bonds. The first-order valence-electron chi connectivity index (χ1n) is 8.10. The van der Waals surface area contributed by atoms with Crippen LogP contribution in [0.2, 0.25) is 0 Å². The Labute approximate surface area is 143 Å². The number of nitrogens with zero attached hydrogens (tertiary/aromatic N) is 2. The lowest BCUT2D eigenvalue weighted by molar-refractivity contribution is 0.592. The van der Waals surface area contributed by atoms with Gasteiger partial charge in [0, 0.05) is 12.8 Å². The van der Waals surface area contributed by atoms with Crippen molar-refractivity contribution in [3.8, 4) is 0 Å². The largest absolute Gasteiger partial charge is 0.327 e. The average Bonchev–Trinajstić information content (AvgIpc) is 2.85. The SMILES string of the molecule is Cc1ccccc1CCCn1c(CS(C)(=O)=O)nc2ccccc21. The van der Waals surface area contributed by atoms with Crippen LogP contribution in [0.4, 0.5) is 0 Å². The molecule has 0 saturated carbocycles. The van der Waals surface area contributed by atoms with Gasteiger partial charge >= 0.3 is 0 Å². The number of sulfone groups is 1. The molecule has 0 saturated heterocycles. The predicted octanol–water partition coefficient (Wildman–Crippen LogP) is 3.52. The fourth-order valence-electron chi connectivity index (χ4n) is 3.04. The first-order valence-corrected chi connectivity index (χ1v) is 10.2. The van der Waals surface area contributed by atoms with Crippen molar-refractivity contribution in [3.05, 3.63) is 65.5 Å². The maximum Gasteiger partial charge on any atom is 0.154 e. The highest BCUT2D eigenvalue weighted by Gasteiger charge is 2.15. The van der Waals surface area contributed by atoms with Crippen LogP contribution in [0.1, 0.15) is 23.4 Å². The average molecular weight is 342 g/mol. The zero-order chi connectivity index (χ0) is 17.2. The molecule has 2 aromatic carbocycles. The molecule has 5 heteroatoms. The summed E-state index contributed by atoms with van der Waals surface area (Å²) in [5.74, 6) is 0.606. The quantitative estimate of drug-likeness (QED) is 0.689. The van der Waals surface area contributed by atoms with Gasteiger partial charge in [-0.15, -0.1) is 0 Å². The van der Waals surface area contributed by atoms with Crippen LogP contribution in [0.5, 0.6) is 0 Å². The molecule has 0 aliphatic heterocycles. The van der Waals surface area contributed by atoms with Gasteiger partial charge in [-0.25, -0.2) is 13.4 Å². The second-order valence-corrected chi connectivity index (χ2v) is 8.41. The third-order valence-electron chi connectivity index (χ3n) is 4.21. The van der Waals surface area contributed by atoms with Crippen LogP contribution in [0.15, 0.2) is 48.5 Å². The van der Waals surface area contributed by atoms with E-state index < -0.39 is 9.84 Å². The Morgan fingerprint density at radius 3 is 2.50 bits per heavy atom. The van der Waals surface area contributed by atoms with Gasteiger partial charge < -0.3 is 4.57 Å². The molecule has 0 fully saturated rings. The van der Waals surface area contributed by atoms with E-state index in [1.165, 1.54) is 17.4 Å². The van der Waals surface area contributed by atoms with Crippen LogP contribution >= 0.6 is 0 Å². The molecule has 3 aromatic rings.